The van der Waals surface area contributed by atoms with Gasteiger partial charge in [0.05, 0.1) is 0 Å². The molecule has 0 saturated carbocycles. The molecule has 0 N–H and O–H groups in total. The second-order valence-electron chi connectivity index (χ2n) is 16.1. The summed E-state index contributed by atoms with van der Waals surface area (Å²) in [6.45, 7) is 0.409. The smallest absolute Gasteiger partial charge is 0.0657 e. The molecular formula is C52H26B2I2. The lowest BCUT2D eigenvalue weighted by atomic mass is 9.34. The van der Waals surface area contributed by atoms with E-state index in [2.05, 4.69) is 203 Å². The van der Waals surface area contributed by atoms with E-state index in [-0.39, 0.29) is 13.4 Å². The highest BCUT2D eigenvalue weighted by Gasteiger charge is 2.44. The average molecular weight is 926 g/mol. The quantitative estimate of drug-likeness (QED) is 0.0921. The van der Waals surface area contributed by atoms with Gasteiger partial charge in [-0.2, -0.15) is 0 Å². The van der Waals surface area contributed by atoms with E-state index in [1.807, 2.05) is 0 Å². The van der Waals surface area contributed by atoms with Crippen LogP contribution in [0.5, 0.6) is 0 Å². The molecule has 0 radical (unpaired) electrons. The highest BCUT2D eigenvalue weighted by molar-refractivity contribution is 14.1. The Kier molecular flexibility index (Phi) is 5.98. The van der Waals surface area contributed by atoms with Gasteiger partial charge in [-0.05, 0) is 181 Å². The first-order valence-corrected chi connectivity index (χ1v) is 21.6. The zero-order valence-corrected chi connectivity index (χ0v) is 34.2. The molecule has 4 aliphatic rings. The third kappa shape index (κ3) is 3.83. The SMILES string of the molecule is Ic1cc2c3c(c1)-c1ccc4cc5c6c(ccc7cc(c1c4c76)B3c1ccc(-c3ccccc3)cc1-2)-c1cc(I)cc2c1B5c1ccc(-c3ccccc3)cc1-2. The molecule has 14 rings (SSSR count). The van der Waals surface area contributed by atoms with Crippen LogP contribution in [0, 0.1) is 7.14 Å². The Balaban J connectivity index is 1.06. The van der Waals surface area contributed by atoms with Gasteiger partial charge in [0.1, 0.15) is 0 Å². The van der Waals surface area contributed by atoms with E-state index in [0.717, 1.165) is 0 Å². The van der Waals surface area contributed by atoms with Crippen molar-refractivity contribution in [3.63, 3.8) is 0 Å². The number of hydrogen-bond acceptors (Lipinski definition) is 0. The third-order valence-corrected chi connectivity index (χ3v) is 14.8. The number of benzene rings is 10. The van der Waals surface area contributed by atoms with Crippen LogP contribution in [-0.4, -0.2) is 13.4 Å². The van der Waals surface area contributed by atoms with Crippen molar-refractivity contribution in [3.05, 3.63) is 165 Å². The van der Waals surface area contributed by atoms with Crippen molar-refractivity contribution in [2.45, 2.75) is 0 Å². The zero-order chi connectivity index (χ0) is 36.6. The van der Waals surface area contributed by atoms with Crippen molar-refractivity contribution in [2.75, 3.05) is 0 Å². The Labute approximate surface area is 352 Å². The van der Waals surface area contributed by atoms with E-state index in [1.54, 1.807) is 0 Å². The molecule has 0 bridgehead atoms. The molecule has 0 aromatic heterocycles. The molecule has 0 spiro atoms. The van der Waals surface area contributed by atoms with Crippen LogP contribution in [0.15, 0.2) is 158 Å². The van der Waals surface area contributed by atoms with E-state index < -0.39 is 0 Å². The minimum atomic E-state index is 0.204. The number of rotatable bonds is 2. The van der Waals surface area contributed by atoms with Gasteiger partial charge in [-0.1, -0.05) is 154 Å². The summed E-state index contributed by atoms with van der Waals surface area (Å²) in [4.78, 5) is 0. The van der Waals surface area contributed by atoms with E-state index in [9.17, 15) is 0 Å². The van der Waals surface area contributed by atoms with E-state index in [4.69, 9.17) is 0 Å². The third-order valence-electron chi connectivity index (χ3n) is 13.5. The van der Waals surface area contributed by atoms with Crippen LogP contribution in [0.1, 0.15) is 0 Å². The number of halogens is 2. The van der Waals surface area contributed by atoms with Gasteiger partial charge in [-0.25, -0.2) is 0 Å². The molecule has 0 atom stereocenters. The summed E-state index contributed by atoms with van der Waals surface area (Å²) in [5.41, 5.74) is 24.9. The zero-order valence-electron chi connectivity index (χ0n) is 29.9. The Hall–Kier alpha value is -5.17. The summed E-state index contributed by atoms with van der Waals surface area (Å²) >= 11 is 5.09. The minimum Gasteiger partial charge on any atom is -0.0657 e. The van der Waals surface area contributed by atoms with E-state index in [1.165, 1.54) is 139 Å². The minimum absolute atomic E-state index is 0.204. The Morgan fingerprint density at radius 2 is 0.696 bits per heavy atom. The number of hydrogen-bond donors (Lipinski definition) is 0. The summed E-state index contributed by atoms with van der Waals surface area (Å²) in [5, 5.41) is 8.46. The maximum atomic E-state index is 2.58. The van der Waals surface area contributed by atoms with Gasteiger partial charge >= 0.3 is 0 Å². The van der Waals surface area contributed by atoms with Crippen LogP contribution < -0.4 is 32.8 Å². The van der Waals surface area contributed by atoms with Gasteiger partial charge in [-0.15, -0.1) is 0 Å². The van der Waals surface area contributed by atoms with Crippen molar-refractivity contribution < 1.29 is 0 Å². The molecule has 0 nitrogen and oxygen atoms in total. The molecule has 10 aromatic carbocycles. The Morgan fingerprint density at radius 3 is 1.12 bits per heavy atom. The lowest BCUT2D eigenvalue weighted by Crippen LogP contribution is -2.52. The van der Waals surface area contributed by atoms with Crippen LogP contribution in [0.4, 0.5) is 0 Å². The van der Waals surface area contributed by atoms with Crippen molar-refractivity contribution in [3.8, 4) is 66.8 Å². The van der Waals surface area contributed by atoms with Crippen LogP contribution in [0.25, 0.3) is 99.1 Å². The predicted octanol–water partition coefficient (Wildman–Crippen LogP) is 10.1. The highest BCUT2D eigenvalue weighted by atomic mass is 127. The average Bonchev–Trinajstić information content (AvgIpc) is 3.74. The van der Waals surface area contributed by atoms with Crippen molar-refractivity contribution in [1.29, 1.82) is 0 Å². The van der Waals surface area contributed by atoms with Gasteiger partial charge in [0.15, 0.2) is 0 Å². The summed E-state index contributed by atoms with van der Waals surface area (Å²) in [6.07, 6.45) is 0. The van der Waals surface area contributed by atoms with Gasteiger partial charge in [-0.3, -0.25) is 0 Å². The Bertz CT molecular complexity index is 3210. The van der Waals surface area contributed by atoms with E-state index >= 15 is 0 Å². The Morgan fingerprint density at radius 1 is 0.286 bits per heavy atom. The summed E-state index contributed by atoms with van der Waals surface area (Å²) < 4.78 is 2.58. The summed E-state index contributed by atoms with van der Waals surface area (Å²) in [5.74, 6) is 0. The molecule has 0 fully saturated rings. The second kappa shape index (κ2) is 10.8. The molecule has 56 heavy (non-hydrogen) atoms. The fraction of sp³-hybridized carbons (Fsp3) is 0. The first-order chi connectivity index (χ1) is 27.6. The first-order valence-electron chi connectivity index (χ1n) is 19.4. The van der Waals surface area contributed by atoms with Crippen LogP contribution in [0.2, 0.25) is 0 Å². The summed E-state index contributed by atoms with van der Waals surface area (Å²) in [7, 11) is 0. The molecular weight excluding hydrogens is 900 g/mol. The summed E-state index contributed by atoms with van der Waals surface area (Å²) in [6, 6.07) is 60.8. The second-order valence-corrected chi connectivity index (χ2v) is 18.6. The van der Waals surface area contributed by atoms with Crippen molar-refractivity contribution in [2.24, 2.45) is 0 Å². The largest absolute Gasteiger partial charge is 0.244 e. The van der Waals surface area contributed by atoms with Crippen molar-refractivity contribution in [1.82, 2.24) is 0 Å². The molecule has 10 aromatic rings. The molecule has 0 amide bonds. The van der Waals surface area contributed by atoms with Gasteiger partial charge in [0.2, 0.25) is 13.4 Å². The lowest BCUT2D eigenvalue weighted by Gasteiger charge is -2.31. The monoisotopic (exact) mass is 926 g/mol. The van der Waals surface area contributed by atoms with Gasteiger partial charge in [0.25, 0.3) is 0 Å². The first kappa shape index (κ1) is 31.0. The topological polar surface area (TPSA) is 0 Å². The maximum absolute atomic E-state index is 2.58. The molecule has 0 saturated heterocycles. The van der Waals surface area contributed by atoms with Gasteiger partial charge < -0.3 is 0 Å². The maximum Gasteiger partial charge on any atom is 0.244 e. The molecule has 4 heteroatoms. The standard InChI is InChI=1S/C52H26B2I2/c55-33-23-39-35-15-11-32-22-46-50-36(40-24-34(56)26-42-38-20-30(28-9-5-2-6-10-28)14-18-44(38)54(46)52(40)42)16-12-31-21-45(49(35)47(32)48(31)50)53-43-17-13-29(27-7-3-1-4-8-27)19-37(43)41(25-33)51(39)53/h1-26H. The van der Waals surface area contributed by atoms with Crippen LogP contribution >= 0.6 is 45.2 Å². The van der Waals surface area contributed by atoms with Gasteiger partial charge in [0, 0.05) is 7.14 Å². The lowest BCUT2D eigenvalue weighted by molar-refractivity contribution is 1.61. The van der Waals surface area contributed by atoms with Crippen LogP contribution in [-0.2, 0) is 0 Å². The highest BCUT2D eigenvalue weighted by Crippen LogP contribution is 2.47. The molecule has 0 unspecified atom stereocenters. The fourth-order valence-corrected chi connectivity index (χ4v) is 12.7. The molecule has 0 aliphatic carbocycles. The van der Waals surface area contributed by atoms with E-state index in [0.29, 0.717) is 0 Å². The molecule has 4 heterocycles. The predicted molar refractivity (Wildman–Crippen MR) is 258 cm³/mol. The fourth-order valence-electron chi connectivity index (χ4n) is 11.4. The normalized spacial score (nSPS) is 13.5. The van der Waals surface area contributed by atoms with Crippen LogP contribution in [0.3, 0.4) is 0 Å². The molecule has 4 aliphatic heterocycles. The molecule has 254 valence electrons. The van der Waals surface area contributed by atoms with Crippen molar-refractivity contribution >= 4 is 124 Å². The number of fused-ring (bicyclic) bond motifs is 10.